The number of fused-ring (bicyclic) bond motifs is 1. The fourth-order valence-electron chi connectivity index (χ4n) is 3.78. The molecule has 0 bridgehead atoms. The maximum Gasteiger partial charge on any atom is 0.243 e. The number of sulfonamides is 1. The van der Waals surface area contributed by atoms with Crippen LogP contribution in [0.1, 0.15) is 18.4 Å². The lowest BCUT2D eigenvalue weighted by Crippen LogP contribution is -2.45. The van der Waals surface area contributed by atoms with E-state index in [0.717, 1.165) is 16.3 Å². The van der Waals surface area contributed by atoms with Gasteiger partial charge in [-0.1, -0.05) is 54.1 Å². The van der Waals surface area contributed by atoms with Crippen LogP contribution in [0.15, 0.2) is 71.6 Å². The van der Waals surface area contributed by atoms with Gasteiger partial charge in [0.2, 0.25) is 15.9 Å². The zero-order valence-electron chi connectivity index (χ0n) is 15.7. The zero-order valence-corrected chi connectivity index (χ0v) is 17.3. The lowest BCUT2D eigenvalue weighted by atomic mass is 10.0. The summed E-state index contributed by atoms with van der Waals surface area (Å²) in [6.45, 7) is 0.683. The number of rotatable bonds is 5. The molecule has 7 heteroatoms. The Morgan fingerprint density at radius 1 is 1.03 bits per heavy atom. The quantitative estimate of drug-likeness (QED) is 0.668. The Bertz CT molecular complexity index is 1140. The second-order valence-corrected chi connectivity index (χ2v) is 9.41. The van der Waals surface area contributed by atoms with E-state index in [1.165, 1.54) is 16.4 Å². The van der Waals surface area contributed by atoms with Crippen molar-refractivity contribution in [3.8, 4) is 0 Å². The van der Waals surface area contributed by atoms with E-state index in [9.17, 15) is 13.2 Å². The number of benzene rings is 3. The molecule has 1 aliphatic rings. The molecular weight excluding hydrogens is 408 g/mol. The molecule has 4 rings (SSSR count). The van der Waals surface area contributed by atoms with E-state index in [0.29, 0.717) is 31.0 Å². The summed E-state index contributed by atoms with van der Waals surface area (Å²) in [7, 11) is -3.75. The molecule has 3 aromatic carbocycles. The Balaban J connectivity index is 1.51. The lowest BCUT2D eigenvalue weighted by molar-refractivity contribution is -0.124. The summed E-state index contributed by atoms with van der Waals surface area (Å²) in [5.74, 6) is -0.270. The number of carbonyl (C=O) groups excluding carboxylic acids is 1. The topological polar surface area (TPSA) is 66.5 Å². The van der Waals surface area contributed by atoms with Crippen LogP contribution in [-0.4, -0.2) is 31.2 Å². The van der Waals surface area contributed by atoms with Crippen molar-refractivity contribution >= 4 is 38.3 Å². The van der Waals surface area contributed by atoms with Crippen molar-refractivity contribution in [2.75, 3.05) is 6.54 Å². The summed E-state index contributed by atoms with van der Waals surface area (Å²) in [6.07, 6.45) is 1.16. The number of carbonyl (C=O) groups is 1. The van der Waals surface area contributed by atoms with Crippen LogP contribution in [0.4, 0.5) is 0 Å². The number of hydrogen-bond donors (Lipinski definition) is 1. The molecule has 0 radical (unpaired) electrons. The Morgan fingerprint density at radius 2 is 1.76 bits per heavy atom. The summed E-state index contributed by atoms with van der Waals surface area (Å²) in [4.78, 5) is 13.0. The van der Waals surface area contributed by atoms with Gasteiger partial charge in [0.05, 0.1) is 4.90 Å². The van der Waals surface area contributed by atoms with Crippen LogP contribution in [0.2, 0.25) is 5.02 Å². The molecule has 0 aliphatic carbocycles. The number of amides is 1. The third-order valence-corrected chi connectivity index (χ3v) is 7.43. The van der Waals surface area contributed by atoms with Crippen molar-refractivity contribution in [2.45, 2.75) is 30.3 Å². The molecule has 1 N–H and O–H groups in total. The molecule has 1 fully saturated rings. The van der Waals surface area contributed by atoms with Crippen LogP contribution in [0, 0.1) is 0 Å². The number of hydrogen-bond acceptors (Lipinski definition) is 3. The Hall–Kier alpha value is -2.41. The van der Waals surface area contributed by atoms with Gasteiger partial charge in [-0.25, -0.2) is 8.42 Å². The predicted octanol–water partition coefficient (Wildman–Crippen LogP) is 3.96. The average Bonchev–Trinajstić information content (AvgIpc) is 3.23. The van der Waals surface area contributed by atoms with E-state index in [-0.39, 0.29) is 10.8 Å². The highest BCUT2D eigenvalue weighted by molar-refractivity contribution is 7.89. The first kappa shape index (κ1) is 19.9. The van der Waals surface area contributed by atoms with Crippen molar-refractivity contribution < 1.29 is 13.2 Å². The molecule has 5 nitrogen and oxygen atoms in total. The average molecular weight is 429 g/mol. The Morgan fingerprint density at radius 3 is 2.55 bits per heavy atom. The van der Waals surface area contributed by atoms with Gasteiger partial charge in [0.25, 0.3) is 0 Å². The molecule has 0 aromatic heterocycles. The molecule has 1 amide bonds. The van der Waals surface area contributed by atoms with E-state index in [1.54, 1.807) is 12.1 Å². The van der Waals surface area contributed by atoms with Crippen molar-refractivity contribution in [1.29, 1.82) is 0 Å². The third-order valence-electron chi connectivity index (χ3n) is 5.26. The zero-order chi connectivity index (χ0) is 20.4. The summed E-state index contributed by atoms with van der Waals surface area (Å²) < 4.78 is 27.3. The standard InChI is InChI=1S/C22H21ClN2O3S/c23-18-10-12-19(13-11-18)29(27,28)25-14-4-9-21(25)22(26)24-15-17-7-3-6-16-5-1-2-8-20(16)17/h1-3,5-8,10-13,21H,4,9,14-15H2,(H,24,26)/t21-/m0/s1. The summed E-state index contributed by atoms with van der Waals surface area (Å²) in [5.41, 5.74) is 1.00. The highest BCUT2D eigenvalue weighted by Crippen LogP contribution is 2.27. The molecule has 0 unspecified atom stereocenters. The van der Waals surface area contributed by atoms with E-state index < -0.39 is 16.1 Å². The molecular formula is C22H21ClN2O3S. The normalized spacial score (nSPS) is 17.5. The van der Waals surface area contributed by atoms with Crippen LogP contribution in [0.5, 0.6) is 0 Å². The molecule has 150 valence electrons. The molecule has 29 heavy (non-hydrogen) atoms. The van der Waals surface area contributed by atoms with Gasteiger partial charge in [0.15, 0.2) is 0 Å². The van der Waals surface area contributed by atoms with Gasteiger partial charge in [-0.15, -0.1) is 0 Å². The smallest absolute Gasteiger partial charge is 0.243 e. The van der Waals surface area contributed by atoms with Crippen molar-refractivity contribution in [2.24, 2.45) is 0 Å². The SMILES string of the molecule is O=C(NCc1cccc2ccccc12)[C@@H]1CCCN1S(=O)(=O)c1ccc(Cl)cc1. The van der Waals surface area contributed by atoms with Gasteiger partial charge in [0.1, 0.15) is 6.04 Å². The van der Waals surface area contributed by atoms with E-state index in [2.05, 4.69) is 5.32 Å². The van der Waals surface area contributed by atoms with Crippen LogP contribution < -0.4 is 5.32 Å². The molecule has 3 aromatic rings. The highest BCUT2D eigenvalue weighted by atomic mass is 35.5. The molecule has 0 saturated carbocycles. The summed E-state index contributed by atoms with van der Waals surface area (Å²) in [6, 6.07) is 19.3. The molecule has 0 spiro atoms. The van der Waals surface area contributed by atoms with Crippen LogP contribution in [0.25, 0.3) is 10.8 Å². The van der Waals surface area contributed by atoms with Gasteiger partial charge in [-0.3, -0.25) is 4.79 Å². The number of nitrogens with zero attached hydrogens (tertiary/aromatic N) is 1. The van der Waals surface area contributed by atoms with Gasteiger partial charge in [-0.05, 0) is 53.4 Å². The minimum absolute atomic E-state index is 0.149. The summed E-state index contributed by atoms with van der Waals surface area (Å²) in [5, 5.41) is 5.58. The third kappa shape index (κ3) is 4.01. The Labute approximate surface area is 175 Å². The molecule has 1 saturated heterocycles. The van der Waals surface area contributed by atoms with E-state index in [1.807, 2.05) is 42.5 Å². The second kappa shape index (κ2) is 8.14. The Kier molecular flexibility index (Phi) is 5.58. The van der Waals surface area contributed by atoms with Crippen molar-refractivity contribution in [3.05, 3.63) is 77.3 Å². The summed E-state index contributed by atoms with van der Waals surface area (Å²) >= 11 is 5.87. The van der Waals surface area contributed by atoms with Gasteiger partial charge < -0.3 is 5.32 Å². The van der Waals surface area contributed by atoms with Crippen LogP contribution in [0.3, 0.4) is 0 Å². The molecule has 1 atom stereocenters. The second-order valence-electron chi connectivity index (χ2n) is 7.08. The fraction of sp³-hybridized carbons (Fsp3) is 0.227. The van der Waals surface area contributed by atoms with Crippen LogP contribution in [-0.2, 0) is 21.4 Å². The van der Waals surface area contributed by atoms with Gasteiger partial charge >= 0.3 is 0 Å². The molecule has 1 heterocycles. The minimum Gasteiger partial charge on any atom is -0.351 e. The first-order valence-corrected chi connectivity index (χ1v) is 11.3. The van der Waals surface area contributed by atoms with Crippen molar-refractivity contribution in [3.63, 3.8) is 0 Å². The first-order valence-electron chi connectivity index (χ1n) is 9.48. The van der Waals surface area contributed by atoms with Crippen LogP contribution >= 0.6 is 11.6 Å². The maximum absolute atomic E-state index is 13.0. The minimum atomic E-state index is -3.75. The largest absolute Gasteiger partial charge is 0.351 e. The number of nitrogens with one attached hydrogen (secondary N) is 1. The number of halogens is 1. The monoisotopic (exact) mass is 428 g/mol. The molecule has 1 aliphatic heterocycles. The van der Waals surface area contributed by atoms with Gasteiger partial charge in [0, 0.05) is 18.1 Å². The van der Waals surface area contributed by atoms with Gasteiger partial charge in [-0.2, -0.15) is 4.31 Å². The fourth-order valence-corrected chi connectivity index (χ4v) is 5.56. The van der Waals surface area contributed by atoms with E-state index >= 15 is 0 Å². The predicted molar refractivity (Wildman–Crippen MR) is 114 cm³/mol. The lowest BCUT2D eigenvalue weighted by Gasteiger charge is -2.23. The highest BCUT2D eigenvalue weighted by Gasteiger charge is 2.39. The van der Waals surface area contributed by atoms with E-state index in [4.69, 9.17) is 11.6 Å². The van der Waals surface area contributed by atoms with Crippen molar-refractivity contribution in [1.82, 2.24) is 9.62 Å². The maximum atomic E-state index is 13.0. The first-order chi connectivity index (χ1) is 14.0.